The van der Waals surface area contributed by atoms with E-state index in [1.54, 1.807) is 18.2 Å². The number of rotatable bonds is 3. The fourth-order valence-electron chi connectivity index (χ4n) is 2.09. The Morgan fingerprint density at radius 1 is 1.50 bits per heavy atom. The normalized spacial score (nSPS) is 19.2. The average Bonchev–Trinajstić information content (AvgIpc) is 2.37. The highest BCUT2D eigenvalue weighted by atomic mass is 35.5. The lowest BCUT2D eigenvalue weighted by Crippen LogP contribution is -2.51. The molecule has 0 saturated carbocycles. The lowest BCUT2D eigenvalue weighted by atomic mass is 10.2. The van der Waals surface area contributed by atoms with Gasteiger partial charge in [-0.25, -0.2) is 0 Å². The van der Waals surface area contributed by atoms with Gasteiger partial charge < -0.3 is 10.6 Å². The van der Waals surface area contributed by atoms with Gasteiger partial charge in [0.25, 0.3) is 0 Å². The highest BCUT2D eigenvalue weighted by Crippen LogP contribution is 2.25. The first-order valence-electron chi connectivity index (χ1n) is 6.26. The zero-order valence-electron chi connectivity index (χ0n) is 11.2. The standard InChI is InChI=1S/C13H17Cl2N3O.ClH/c1-9-7-16-4-5-18(9)8-13(19)17-12-6-10(14)2-3-11(12)15;/h2-3,6,9,16H,4-5,7-8H2,1H3,(H,17,19);1H. The maximum atomic E-state index is 12.0. The topological polar surface area (TPSA) is 44.4 Å². The van der Waals surface area contributed by atoms with Gasteiger partial charge in [0.15, 0.2) is 0 Å². The van der Waals surface area contributed by atoms with Gasteiger partial charge in [-0.05, 0) is 25.1 Å². The molecule has 1 aromatic carbocycles. The molecule has 112 valence electrons. The molecule has 1 unspecified atom stereocenters. The van der Waals surface area contributed by atoms with Crippen LogP contribution in [0.4, 0.5) is 5.69 Å². The molecular formula is C13H18Cl3N3O. The predicted molar refractivity (Wildman–Crippen MR) is 86.2 cm³/mol. The van der Waals surface area contributed by atoms with Crippen LogP contribution < -0.4 is 10.6 Å². The van der Waals surface area contributed by atoms with Crippen molar-refractivity contribution in [3.8, 4) is 0 Å². The Morgan fingerprint density at radius 3 is 2.95 bits per heavy atom. The summed E-state index contributed by atoms with van der Waals surface area (Å²) in [6.45, 7) is 5.16. The van der Waals surface area contributed by atoms with Crippen molar-refractivity contribution >= 4 is 47.2 Å². The molecule has 1 aliphatic rings. The summed E-state index contributed by atoms with van der Waals surface area (Å²) in [6, 6.07) is 5.38. The first-order valence-corrected chi connectivity index (χ1v) is 7.01. The van der Waals surface area contributed by atoms with Crippen molar-refractivity contribution in [3.05, 3.63) is 28.2 Å². The molecule has 20 heavy (non-hydrogen) atoms. The molecule has 1 atom stereocenters. The molecule has 0 spiro atoms. The molecule has 0 aromatic heterocycles. The zero-order valence-corrected chi connectivity index (χ0v) is 13.5. The van der Waals surface area contributed by atoms with Crippen molar-refractivity contribution in [2.45, 2.75) is 13.0 Å². The number of anilines is 1. The van der Waals surface area contributed by atoms with Crippen molar-refractivity contribution in [2.24, 2.45) is 0 Å². The molecule has 0 aliphatic carbocycles. The van der Waals surface area contributed by atoms with Crippen LogP contribution in [0.2, 0.25) is 10.0 Å². The fourth-order valence-corrected chi connectivity index (χ4v) is 2.42. The van der Waals surface area contributed by atoms with Crippen LogP contribution in [0.25, 0.3) is 0 Å². The van der Waals surface area contributed by atoms with E-state index in [0.29, 0.717) is 28.3 Å². The van der Waals surface area contributed by atoms with Crippen molar-refractivity contribution in [2.75, 3.05) is 31.5 Å². The maximum absolute atomic E-state index is 12.0. The van der Waals surface area contributed by atoms with Crippen LogP contribution in [0.15, 0.2) is 18.2 Å². The SMILES string of the molecule is CC1CNCCN1CC(=O)Nc1cc(Cl)ccc1Cl.Cl. The third-order valence-electron chi connectivity index (χ3n) is 3.19. The maximum Gasteiger partial charge on any atom is 0.238 e. The van der Waals surface area contributed by atoms with Gasteiger partial charge in [-0.1, -0.05) is 23.2 Å². The summed E-state index contributed by atoms with van der Waals surface area (Å²) in [4.78, 5) is 14.2. The lowest BCUT2D eigenvalue weighted by Gasteiger charge is -2.33. The Kier molecular flexibility index (Phi) is 7.06. The van der Waals surface area contributed by atoms with Gasteiger partial charge in [0.2, 0.25) is 5.91 Å². The molecule has 0 bridgehead atoms. The number of amides is 1. The van der Waals surface area contributed by atoms with E-state index in [1.165, 1.54) is 0 Å². The summed E-state index contributed by atoms with van der Waals surface area (Å²) >= 11 is 11.9. The lowest BCUT2D eigenvalue weighted by molar-refractivity contribution is -0.118. The highest BCUT2D eigenvalue weighted by Gasteiger charge is 2.20. The van der Waals surface area contributed by atoms with Crippen LogP contribution in [-0.4, -0.2) is 43.0 Å². The Morgan fingerprint density at radius 2 is 2.25 bits per heavy atom. The molecule has 2 N–H and O–H groups in total. The number of hydrogen-bond acceptors (Lipinski definition) is 3. The first-order chi connectivity index (χ1) is 9.06. The highest BCUT2D eigenvalue weighted by molar-refractivity contribution is 6.35. The molecule has 7 heteroatoms. The summed E-state index contributed by atoms with van der Waals surface area (Å²) < 4.78 is 0. The summed E-state index contributed by atoms with van der Waals surface area (Å²) in [5.74, 6) is -0.0714. The quantitative estimate of drug-likeness (QED) is 0.890. The number of carbonyl (C=O) groups is 1. The third-order valence-corrected chi connectivity index (χ3v) is 3.75. The number of halogens is 3. The molecule has 1 saturated heterocycles. The predicted octanol–water partition coefficient (Wildman–Crippen LogP) is 2.65. The number of hydrogen-bond donors (Lipinski definition) is 2. The van der Waals surface area contributed by atoms with E-state index in [9.17, 15) is 4.79 Å². The molecule has 1 fully saturated rings. The minimum absolute atomic E-state index is 0. The minimum atomic E-state index is -0.0714. The zero-order chi connectivity index (χ0) is 13.8. The number of carbonyl (C=O) groups excluding carboxylic acids is 1. The van der Waals surface area contributed by atoms with Gasteiger partial charge in [-0.2, -0.15) is 0 Å². The number of nitrogens with zero attached hydrogens (tertiary/aromatic N) is 1. The van der Waals surface area contributed by atoms with Crippen molar-refractivity contribution in [1.29, 1.82) is 0 Å². The molecule has 4 nitrogen and oxygen atoms in total. The van der Waals surface area contributed by atoms with Gasteiger partial charge in [0.05, 0.1) is 17.3 Å². The van der Waals surface area contributed by atoms with Crippen LogP contribution in [-0.2, 0) is 4.79 Å². The second-order valence-corrected chi connectivity index (χ2v) is 5.54. The van der Waals surface area contributed by atoms with Crippen LogP contribution in [0.5, 0.6) is 0 Å². The van der Waals surface area contributed by atoms with Crippen molar-refractivity contribution in [3.63, 3.8) is 0 Å². The third kappa shape index (κ3) is 4.79. The van der Waals surface area contributed by atoms with E-state index in [1.807, 2.05) is 0 Å². The number of piperazine rings is 1. The van der Waals surface area contributed by atoms with E-state index in [-0.39, 0.29) is 18.3 Å². The van der Waals surface area contributed by atoms with E-state index < -0.39 is 0 Å². The Labute approximate surface area is 135 Å². The molecule has 1 amide bonds. The summed E-state index contributed by atoms with van der Waals surface area (Å²) in [7, 11) is 0. The summed E-state index contributed by atoms with van der Waals surface area (Å²) in [6.07, 6.45) is 0. The monoisotopic (exact) mass is 337 g/mol. The van der Waals surface area contributed by atoms with E-state index in [0.717, 1.165) is 19.6 Å². The summed E-state index contributed by atoms with van der Waals surface area (Å²) in [5, 5.41) is 7.14. The van der Waals surface area contributed by atoms with Crippen LogP contribution in [0.3, 0.4) is 0 Å². The van der Waals surface area contributed by atoms with Crippen molar-refractivity contribution < 1.29 is 4.79 Å². The Bertz CT molecular complexity index is 470. The Hall–Kier alpha value is -0.520. The van der Waals surface area contributed by atoms with Crippen LogP contribution in [0.1, 0.15) is 6.92 Å². The molecular weight excluding hydrogens is 321 g/mol. The number of nitrogens with one attached hydrogen (secondary N) is 2. The van der Waals surface area contributed by atoms with Crippen LogP contribution in [0, 0.1) is 0 Å². The minimum Gasteiger partial charge on any atom is -0.324 e. The van der Waals surface area contributed by atoms with Crippen LogP contribution >= 0.6 is 35.6 Å². The van der Waals surface area contributed by atoms with Gasteiger partial charge in [0, 0.05) is 30.7 Å². The molecule has 2 rings (SSSR count). The molecule has 0 radical (unpaired) electrons. The van der Waals surface area contributed by atoms with Gasteiger partial charge in [-0.3, -0.25) is 9.69 Å². The second-order valence-electron chi connectivity index (χ2n) is 4.70. The van der Waals surface area contributed by atoms with E-state index in [4.69, 9.17) is 23.2 Å². The van der Waals surface area contributed by atoms with E-state index >= 15 is 0 Å². The van der Waals surface area contributed by atoms with E-state index in [2.05, 4.69) is 22.5 Å². The molecule has 1 aromatic rings. The summed E-state index contributed by atoms with van der Waals surface area (Å²) in [5.41, 5.74) is 0.557. The largest absolute Gasteiger partial charge is 0.324 e. The van der Waals surface area contributed by atoms with Crippen molar-refractivity contribution in [1.82, 2.24) is 10.2 Å². The van der Waals surface area contributed by atoms with Gasteiger partial charge >= 0.3 is 0 Å². The Balaban J connectivity index is 0.00000200. The van der Waals surface area contributed by atoms with Gasteiger partial charge in [-0.15, -0.1) is 12.4 Å². The average molecular weight is 339 g/mol. The first kappa shape index (κ1) is 17.5. The molecule has 1 aliphatic heterocycles. The molecule has 1 heterocycles. The number of benzene rings is 1. The smallest absolute Gasteiger partial charge is 0.238 e. The van der Waals surface area contributed by atoms with Gasteiger partial charge in [0.1, 0.15) is 0 Å². The fraction of sp³-hybridized carbons (Fsp3) is 0.462. The second kappa shape index (κ2) is 8.05.